The van der Waals surface area contributed by atoms with Crippen molar-refractivity contribution < 1.29 is 4.74 Å². The number of nitrogens with two attached hydrogens (primary N) is 1. The number of hydrogen-bond donors (Lipinski definition) is 1. The third-order valence-electron chi connectivity index (χ3n) is 1.16. The van der Waals surface area contributed by atoms with E-state index in [-0.39, 0.29) is 0 Å². The van der Waals surface area contributed by atoms with Crippen molar-refractivity contribution >= 4 is 0 Å². The maximum Gasteiger partial charge on any atom is 0.127 e. The molecule has 0 bridgehead atoms. The molecule has 0 unspecified atom stereocenters. The smallest absolute Gasteiger partial charge is 0.127 e. The molecule has 1 heterocycles. The molecule has 1 aliphatic rings. The first-order valence-electron chi connectivity index (χ1n) is 2.54. The molecule has 0 aromatic rings. The van der Waals surface area contributed by atoms with E-state index < -0.39 is 0 Å². The summed E-state index contributed by atoms with van der Waals surface area (Å²) in [5.41, 5.74) is 7.42. The second-order valence-corrected chi connectivity index (χ2v) is 1.82. The first kappa shape index (κ1) is 5.22. The predicted octanol–water partition coefficient (Wildman–Crippen LogP) is 0.763. The van der Waals surface area contributed by atoms with E-state index in [1.54, 1.807) is 6.26 Å². The number of ether oxygens (including phenoxy) is 1. The van der Waals surface area contributed by atoms with Gasteiger partial charge < -0.3 is 10.5 Å². The molecule has 0 fully saturated rings. The van der Waals surface area contributed by atoms with Gasteiger partial charge in [-0.2, -0.15) is 0 Å². The molecule has 0 amide bonds. The van der Waals surface area contributed by atoms with Gasteiger partial charge in [0.25, 0.3) is 0 Å². The zero-order chi connectivity index (χ0) is 5.98. The Balaban J connectivity index is 2.76. The fourth-order valence-electron chi connectivity index (χ4n) is 0.509. The molecular weight excluding hydrogens is 102 g/mol. The molecule has 0 aliphatic carbocycles. The lowest BCUT2D eigenvalue weighted by Crippen LogP contribution is -2.09. The first-order valence-corrected chi connectivity index (χ1v) is 2.54. The largest absolute Gasteiger partial charge is 0.495 e. The van der Waals surface area contributed by atoms with Gasteiger partial charge in [-0.3, -0.25) is 0 Å². The maximum atomic E-state index is 5.48. The summed E-state index contributed by atoms with van der Waals surface area (Å²) in [6.45, 7) is 2.51. The second kappa shape index (κ2) is 1.90. The highest BCUT2D eigenvalue weighted by atomic mass is 16.5. The van der Waals surface area contributed by atoms with Gasteiger partial charge in [-0.05, 0) is 18.6 Å². The van der Waals surface area contributed by atoms with Gasteiger partial charge in [0, 0.05) is 5.70 Å². The molecule has 2 heteroatoms. The Labute approximate surface area is 48.6 Å². The van der Waals surface area contributed by atoms with Crippen LogP contribution in [0, 0.1) is 0 Å². The summed E-state index contributed by atoms with van der Waals surface area (Å²) in [6.07, 6.45) is 3.52. The van der Waals surface area contributed by atoms with Crippen molar-refractivity contribution in [1.82, 2.24) is 0 Å². The predicted molar refractivity (Wildman–Crippen MR) is 32.0 cm³/mol. The van der Waals surface area contributed by atoms with Crippen molar-refractivity contribution in [1.29, 1.82) is 0 Å². The van der Waals surface area contributed by atoms with Crippen LogP contribution in [-0.4, -0.2) is 6.61 Å². The molecule has 0 radical (unpaired) electrons. The molecule has 2 nitrogen and oxygen atoms in total. The van der Waals surface area contributed by atoms with Crippen LogP contribution in [0.15, 0.2) is 23.6 Å². The molecule has 1 rings (SSSR count). The van der Waals surface area contributed by atoms with Crippen molar-refractivity contribution in [3.05, 3.63) is 23.6 Å². The van der Waals surface area contributed by atoms with Crippen molar-refractivity contribution in [2.24, 2.45) is 5.73 Å². The SMILES string of the molecule is CC1=C(N)COC=C1. The standard InChI is InChI=1S/C6H9NO/c1-5-2-3-8-4-6(5)7/h2-3H,4,7H2,1H3. The minimum atomic E-state index is 0.544. The average molecular weight is 111 g/mol. The highest BCUT2D eigenvalue weighted by Crippen LogP contribution is 2.05. The number of hydrogen-bond acceptors (Lipinski definition) is 2. The Bertz CT molecular complexity index is 147. The molecule has 44 valence electrons. The molecule has 0 atom stereocenters. The quantitative estimate of drug-likeness (QED) is 0.501. The van der Waals surface area contributed by atoms with Gasteiger partial charge in [-0.15, -0.1) is 0 Å². The van der Waals surface area contributed by atoms with Crippen LogP contribution in [0.5, 0.6) is 0 Å². The van der Waals surface area contributed by atoms with Gasteiger partial charge in [0.2, 0.25) is 0 Å². The third kappa shape index (κ3) is 0.832. The highest BCUT2D eigenvalue weighted by molar-refractivity contribution is 5.23. The normalized spacial score (nSPS) is 18.6. The third-order valence-corrected chi connectivity index (χ3v) is 1.16. The Morgan fingerprint density at radius 2 is 2.50 bits per heavy atom. The van der Waals surface area contributed by atoms with E-state index in [0.29, 0.717) is 6.61 Å². The Morgan fingerprint density at radius 1 is 1.75 bits per heavy atom. The zero-order valence-corrected chi connectivity index (χ0v) is 4.85. The fraction of sp³-hybridized carbons (Fsp3) is 0.333. The molecule has 2 N–H and O–H groups in total. The van der Waals surface area contributed by atoms with Crippen molar-refractivity contribution in [3.8, 4) is 0 Å². The van der Waals surface area contributed by atoms with Gasteiger partial charge in [0.15, 0.2) is 0 Å². The number of rotatable bonds is 0. The van der Waals surface area contributed by atoms with Gasteiger partial charge in [0.05, 0.1) is 6.26 Å². The summed E-state index contributed by atoms with van der Waals surface area (Å²) in [6, 6.07) is 0. The van der Waals surface area contributed by atoms with Crippen LogP contribution in [0.25, 0.3) is 0 Å². The van der Waals surface area contributed by atoms with Gasteiger partial charge in [-0.1, -0.05) is 0 Å². The summed E-state index contributed by atoms with van der Waals surface area (Å²) < 4.78 is 4.89. The molecule has 0 aromatic heterocycles. The minimum absolute atomic E-state index is 0.544. The molecular formula is C6H9NO. The molecule has 0 spiro atoms. The van der Waals surface area contributed by atoms with Gasteiger partial charge in [0.1, 0.15) is 6.61 Å². The van der Waals surface area contributed by atoms with Gasteiger partial charge >= 0.3 is 0 Å². The summed E-state index contributed by atoms with van der Waals surface area (Å²) in [5, 5.41) is 0. The van der Waals surface area contributed by atoms with E-state index in [0.717, 1.165) is 11.3 Å². The Morgan fingerprint density at radius 3 is 2.88 bits per heavy atom. The maximum absolute atomic E-state index is 5.48. The molecule has 0 saturated carbocycles. The van der Waals surface area contributed by atoms with Crippen molar-refractivity contribution in [2.75, 3.05) is 6.61 Å². The minimum Gasteiger partial charge on any atom is -0.495 e. The van der Waals surface area contributed by atoms with Crippen LogP contribution >= 0.6 is 0 Å². The lowest BCUT2D eigenvalue weighted by molar-refractivity contribution is 0.272. The average Bonchev–Trinajstić information content (AvgIpc) is 1.77. The first-order chi connectivity index (χ1) is 3.80. The molecule has 0 saturated heterocycles. The van der Waals surface area contributed by atoms with E-state index in [9.17, 15) is 0 Å². The van der Waals surface area contributed by atoms with Crippen molar-refractivity contribution in [3.63, 3.8) is 0 Å². The van der Waals surface area contributed by atoms with E-state index in [1.807, 2.05) is 13.0 Å². The lowest BCUT2D eigenvalue weighted by Gasteiger charge is -2.08. The van der Waals surface area contributed by atoms with Crippen LogP contribution in [0.3, 0.4) is 0 Å². The summed E-state index contributed by atoms with van der Waals surface area (Å²) >= 11 is 0. The highest BCUT2D eigenvalue weighted by Gasteiger charge is 1.97. The lowest BCUT2D eigenvalue weighted by atomic mass is 10.2. The monoisotopic (exact) mass is 111 g/mol. The fourth-order valence-corrected chi connectivity index (χ4v) is 0.509. The Kier molecular flexibility index (Phi) is 1.24. The van der Waals surface area contributed by atoms with E-state index in [2.05, 4.69) is 0 Å². The van der Waals surface area contributed by atoms with Crippen LogP contribution in [0.2, 0.25) is 0 Å². The molecule has 1 aliphatic heterocycles. The molecule has 8 heavy (non-hydrogen) atoms. The summed E-state index contributed by atoms with van der Waals surface area (Å²) in [5.74, 6) is 0. The zero-order valence-electron chi connectivity index (χ0n) is 4.85. The summed E-state index contributed by atoms with van der Waals surface area (Å²) in [7, 11) is 0. The van der Waals surface area contributed by atoms with E-state index in [4.69, 9.17) is 10.5 Å². The summed E-state index contributed by atoms with van der Waals surface area (Å²) in [4.78, 5) is 0. The van der Waals surface area contributed by atoms with Crippen LogP contribution in [0.1, 0.15) is 6.92 Å². The van der Waals surface area contributed by atoms with Crippen LogP contribution in [-0.2, 0) is 4.74 Å². The van der Waals surface area contributed by atoms with E-state index >= 15 is 0 Å². The Hall–Kier alpha value is -0.920. The van der Waals surface area contributed by atoms with Crippen LogP contribution in [0.4, 0.5) is 0 Å². The van der Waals surface area contributed by atoms with Gasteiger partial charge in [-0.25, -0.2) is 0 Å². The second-order valence-electron chi connectivity index (χ2n) is 1.82. The van der Waals surface area contributed by atoms with Crippen LogP contribution < -0.4 is 5.73 Å². The number of allylic oxidation sites excluding steroid dienone is 2. The van der Waals surface area contributed by atoms with Crippen molar-refractivity contribution in [2.45, 2.75) is 6.92 Å². The molecule has 0 aromatic carbocycles. The van der Waals surface area contributed by atoms with E-state index in [1.165, 1.54) is 0 Å². The topological polar surface area (TPSA) is 35.2 Å².